The molecule has 0 aliphatic carbocycles. The molecule has 9 nitrogen and oxygen atoms in total. The second-order valence-electron chi connectivity index (χ2n) is 4.58. The molecule has 0 spiro atoms. The number of nitrogens with zero attached hydrogens (tertiary/aromatic N) is 6. The third-order valence-electron chi connectivity index (χ3n) is 3.08. The van der Waals surface area contributed by atoms with Gasteiger partial charge in [0.05, 0.1) is 17.2 Å². The zero-order valence-corrected chi connectivity index (χ0v) is 12.1. The fourth-order valence-corrected chi connectivity index (χ4v) is 1.97. The lowest BCUT2D eigenvalue weighted by Crippen LogP contribution is -2.29. The Morgan fingerprint density at radius 3 is 2.81 bits per heavy atom. The van der Waals surface area contributed by atoms with E-state index in [1.165, 1.54) is 16.6 Å². The van der Waals surface area contributed by atoms with E-state index in [-0.39, 0.29) is 17.9 Å². The SMILES string of the molecule is CCn1ccc(CN(C)C(=O)c2c([N+](=O)[O-])cnn2C)n1. The van der Waals surface area contributed by atoms with Crippen molar-refractivity contribution in [3.8, 4) is 0 Å². The average molecular weight is 292 g/mol. The van der Waals surface area contributed by atoms with Gasteiger partial charge in [-0.25, -0.2) is 0 Å². The highest BCUT2D eigenvalue weighted by Crippen LogP contribution is 2.19. The van der Waals surface area contributed by atoms with Crippen LogP contribution < -0.4 is 0 Å². The number of amides is 1. The maximum atomic E-state index is 12.4. The molecular formula is C12H16N6O3. The van der Waals surface area contributed by atoms with Crippen LogP contribution in [-0.4, -0.2) is 42.3 Å². The summed E-state index contributed by atoms with van der Waals surface area (Å²) in [5.41, 5.74) is 0.378. The van der Waals surface area contributed by atoms with Crippen LogP contribution >= 0.6 is 0 Å². The Kier molecular flexibility index (Phi) is 4.01. The van der Waals surface area contributed by atoms with Crippen molar-refractivity contribution in [2.24, 2.45) is 7.05 Å². The maximum Gasteiger partial charge on any atom is 0.320 e. The molecule has 0 saturated carbocycles. The van der Waals surface area contributed by atoms with E-state index >= 15 is 0 Å². The Bertz CT molecular complexity index is 674. The standard InChI is InChI=1S/C12H16N6O3/c1-4-17-6-5-9(14-17)8-15(2)12(19)11-10(18(20)21)7-13-16(11)3/h5-7H,4,8H2,1-3H3. The zero-order chi connectivity index (χ0) is 15.6. The Labute approximate surface area is 120 Å². The summed E-state index contributed by atoms with van der Waals surface area (Å²) >= 11 is 0. The Hall–Kier alpha value is -2.71. The highest BCUT2D eigenvalue weighted by atomic mass is 16.6. The van der Waals surface area contributed by atoms with Gasteiger partial charge >= 0.3 is 5.69 Å². The third-order valence-corrected chi connectivity index (χ3v) is 3.08. The molecule has 0 N–H and O–H groups in total. The summed E-state index contributed by atoms with van der Waals surface area (Å²) < 4.78 is 2.96. The summed E-state index contributed by atoms with van der Waals surface area (Å²) in [6.45, 7) is 2.98. The predicted octanol–water partition coefficient (Wildman–Crippen LogP) is 0.817. The van der Waals surface area contributed by atoms with E-state index < -0.39 is 10.8 Å². The van der Waals surface area contributed by atoms with Gasteiger partial charge in [0.2, 0.25) is 5.69 Å². The van der Waals surface area contributed by atoms with Crippen molar-refractivity contribution in [3.63, 3.8) is 0 Å². The number of aryl methyl sites for hydroxylation is 2. The first-order valence-electron chi connectivity index (χ1n) is 6.38. The minimum Gasteiger partial charge on any atom is -0.334 e. The van der Waals surface area contributed by atoms with Gasteiger partial charge in [0.15, 0.2) is 0 Å². The summed E-state index contributed by atoms with van der Waals surface area (Å²) in [4.78, 5) is 24.1. The first-order valence-corrected chi connectivity index (χ1v) is 6.38. The van der Waals surface area contributed by atoms with E-state index in [1.807, 2.05) is 19.2 Å². The molecule has 0 aliphatic heterocycles. The first kappa shape index (κ1) is 14.7. The highest BCUT2D eigenvalue weighted by Gasteiger charge is 2.28. The van der Waals surface area contributed by atoms with E-state index in [1.54, 1.807) is 11.7 Å². The molecule has 0 bridgehead atoms. The van der Waals surface area contributed by atoms with E-state index in [0.717, 1.165) is 18.4 Å². The summed E-state index contributed by atoms with van der Waals surface area (Å²) in [5, 5.41) is 19.0. The lowest BCUT2D eigenvalue weighted by atomic mass is 10.3. The normalized spacial score (nSPS) is 10.6. The van der Waals surface area contributed by atoms with Crippen molar-refractivity contribution in [2.75, 3.05) is 7.05 Å². The minimum absolute atomic E-state index is 0.0441. The van der Waals surface area contributed by atoms with Crippen molar-refractivity contribution >= 4 is 11.6 Å². The van der Waals surface area contributed by atoms with Crippen LogP contribution in [0.1, 0.15) is 23.1 Å². The molecule has 0 aliphatic rings. The average Bonchev–Trinajstić information content (AvgIpc) is 3.04. The molecular weight excluding hydrogens is 276 g/mol. The topological polar surface area (TPSA) is 99.1 Å². The van der Waals surface area contributed by atoms with Crippen molar-refractivity contribution in [1.82, 2.24) is 24.5 Å². The van der Waals surface area contributed by atoms with Gasteiger partial charge in [0.25, 0.3) is 5.91 Å². The van der Waals surface area contributed by atoms with Crippen molar-refractivity contribution in [2.45, 2.75) is 20.0 Å². The fraction of sp³-hybridized carbons (Fsp3) is 0.417. The molecule has 0 fully saturated rings. The van der Waals surface area contributed by atoms with Gasteiger partial charge in [0, 0.05) is 26.8 Å². The summed E-state index contributed by atoms with van der Waals surface area (Å²) in [6.07, 6.45) is 2.90. The van der Waals surface area contributed by atoms with Crippen LogP contribution in [0.5, 0.6) is 0 Å². The third kappa shape index (κ3) is 2.91. The van der Waals surface area contributed by atoms with Crippen LogP contribution in [0.4, 0.5) is 5.69 Å². The van der Waals surface area contributed by atoms with Gasteiger partial charge in [0.1, 0.15) is 6.20 Å². The molecule has 0 radical (unpaired) electrons. The number of nitro groups is 1. The first-order chi connectivity index (χ1) is 9.93. The maximum absolute atomic E-state index is 12.4. The van der Waals surface area contributed by atoms with Gasteiger partial charge in [-0.2, -0.15) is 10.2 Å². The molecule has 2 heterocycles. The summed E-state index contributed by atoms with van der Waals surface area (Å²) in [6, 6.07) is 1.81. The number of carbonyl (C=O) groups is 1. The quantitative estimate of drug-likeness (QED) is 0.600. The largest absolute Gasteiger partial charge is 0.334 e. The lowest BCUT2D eigenvalue weighted by molar-refractivity contribution is -0.385. The van der Waals surface area contributed by atoms with Crippen LogP contribution in [0.2, 0.25) is 0 Å². The van der Waals surface area contributed by atoms with Crippen LogP contribution in [0.25, 0.3) is 0 Å². The smallest absolute Gasteiger partial charge is 0.320 e. The van der Waals surface area contributed by atoms with Gasteiger partial charge in [-0.15, -0.1) is 0 Å². The molecule has 0 aromatic carbocycles. The number of carbonyl (C=O) groups excluding carboxylic acids is 1. The molecule has 112 valence electrons. The Balaban J connectivity index is 2.19. The summed E-state index contributed by atoms with van der Waals surface area (Å²) in [7, 11) is 3.07. The molecule has 0 saturated heterocycles. The van der Waals surface area contributed by atoms with Crippen molar-refractivity contribution < 1.29 is 9.72 Å². The monoisotopic (exact) mass is 292 g/mol. The fourth-order valence-electron chi connectivity index (χ4n) is 1.97. The molecule has 9 heteroatoms. The summed E-state index contributed by atoms with van der Waals surface area (Å²) in [5.74, 6) is -0.465. The van der Waals surface area contributed by atoms with Crippen LogP contribution in [0.3, 0.4) is 0 Å². The molecule has 2 rings (SSSR count). The Morgan fingerprint density at radius 2 is 2.24 bits per heavy atom. The molecule has 21 heavy (non-hydrogen) atoms. The van der Waals surface area contributed by atoms with E-state index in [4.69, 9.17) is 0 Å². The van der Waals surface area contributed by atoms with Crippen molar-refractivity contribution in [3.05, 3.63) is 40.0 Å². The van der Waals surface area contributed by atoms with E-state index in [2.05, 4.69) is 10.2 Å². The highest BCUT2D eigenvalue weighted by molar-refractivity contribution is 5.96. The van der Waals surface area contributed by atoms with Gasteiger partial charge in [-0.05, 0) is 13.0 Å². The van der Waals surface area contributed by atoms with Crippen LogP contribution in [0.15, 0.2) is 18.5 Å². The number of hydrogen-bond acceptors (Lipinski definition) is 5. The van der Waals surface area contributed by atoms with Crippen molar-refractivity contribution in [1.29, 1.82) is 0 Å². The number of hydrogen-bond donors (Lipinski definition) is 0. The molecule has 0 atom stereocenters. The molecule has 0 unspecified atom stereocenters. The van der Waals surface area contributed by atoms with Gasteiger partial charge in [-0.1, -0.05) is 0 Å². The van der Waals surface area contributed by atoms with Crippen LogP contribution in [0, 0.1) is 10.1 Å². The predicted molar refractivity (Wildman–Crippen MR) is 73.6 cm³/mol. The number of rotatable bonds is 5. The lowest BCUT2D eigenvalue weighted by Gasteiger charge is -2.15. The second-order valence-corrected chi connectivity index (χ2v) is 4.58. The molecule has 2 aromatic heterocycles. The second kappa shape index (κ2) is 5.73. The van der Waals surface area contributed by atoms with E-state index in [0.29, 0.717) is 0 Å². The van der Waals surface area contributed by atoms with E-state index in [9.17, 15) is 14.9 Å². The number of aromatic nitrogens is 4. The molecule has 1 amide bonds. The Morgan fingerprint density at radius 1 is 1.52 bits per heavy atom. The van der Waals surface area contributed by atoms with Gasteiger partial charge in [-0.3, -0.25) is 24.3 Å². The molecule has 2 aromatic rings. The van der Waals surface area contributed by atoms with Crippen LogP contribution in [-0.2, 0) is 20.1 Å². The van der Waals surface area contributed by atoms with Gasteiger partial charge < -0.3 is 4.90 Å². The zero-order valence-electron chi connectivity index (χ0n) is 12.1. The minimum atomic E-state index is -0.611.